The summed E-state index contributed by atoms with van der Waals surface area (Å²) < 4.78 is 13.8. The third-order valence-corrected chi connectivity index (χ3v) is 2.81. The zero-order valence-electron chi connectivity index (χ0n) is 7.80. The molecule has 0 saturated carbocycles. The van der Waals surface area contributed by atoms with Crippen molar-refractivity contribution in [1.29, 1.82) is 0 Å². The van der Waals surface area contributed by atoms with Crippen LogP contribution in [0.15, 0.2) is 30.6 Å². The summed E-state index contributed by atoms with van der Waals surface area (Å²) in [6.07, 6.45) is 3.44. The Bertz CT molecular complexity index is 442. The maximum Gasteiger partial charge on any atom is 0.138 e. The van der Waals surface area contributed by atoms with Gasteiger partial charge in [-0.3, -0.25) is 0 Å². The molecule has 0 aliphatic carbocycles. The first kappa shape index (κ1) is 10.4. The number of anilines is 1. The van der Waals surface area contributed by atoms with Gasteiger partial charge in [-0.25, -0.2) is 9.37 Å². The lowest BCUT2D eigenvalue weighted by Gasteiger charge is -2.04. The maximum atomic E-state index is 13.2. The molecule has 1 aromatic heterocycles. The van der Waals surface area contributed by atoms with Crippen LogP contribution in [0.3, 0.4) is 0 Å². The minimum atomic E-state index is -0.208. The first-order valence-corrected chi connectivity index (χ1v) is 5.51. The number of halogens is 2. The number of aromatic nitrogens is 2. The summed E-state index contributed by atoms with van der Waals surface area (Å²) in [5.74, 6) is 0.619. The molecule has 0 fully saturated rings. The lowest BCUT2D eigenvalue weighted by atomic mass is 10.3. The Morgan fingerprint density at radius 3 is 3.00 bits per heavy atom. The summed E-state index contributed by atoms with van der Waals surface area (Å²) in [6.45, 7) is 0.563. The topological polar surface area (TPSA) is 40.7 Å². The Kier molecular flexibility index (Phi) is 3.20. The monoisotopic (exact) mass is 317 g/mol. The van der Waals surface area contributed by atoms with Gasteiger partial charge < -0.3 is 10.3 Å². The fourth-order valence-electron chi connectivity index (χ4n) is 1.19. The molecular weight excluding hydrogens is 308 g/mol. The summed E-state index contributed by atoms with van der Waals surface area (Å²) in [6, 6.07) is 5.05. The van der Waals surface area contributed by atoms with Crippen molar-refractivity contribution in [3.8, 4) is 0 Å². The molecular formula is C10H9FIN3. The Morgan fingerprint density at radius 2 is 2.33 bits per heavy atom. The molecule has 78 valence electrons. The van der Waals surface area contributed by atoms with Crippen LogP contribution in [0.25, 0.3) is 0 Å². The van der Waals surface area contributed by atoms with E-state index in [0.717, 1.165) is 11.5 Å². The van der Waals surface area contributed by atoms with E-state index in [-0.39, 0.29) is 5.82 Å². The van der Waals surface area contributed by atoms with Gasteiger partial charge in [0.1, 0.15) is 11.6 Å². The van der Waals surface area contributed by atoms with Crippen molar-refractivity contribution in [3.63, 3.8) is 0 Å². The molecule has 2 N–H and O–H groups in total. The molecule has 0 bridgehead atoms. The number of imidazole rings is 1. The molecule has 15 heavy (non-hydrogen) atoms. The highest BCUT2D eigenvalue weighted by Gasteiger charge is 2.00. The van der Waals surface area contributed by atoms with E-state index in [2.05, 4.69) is 15.3 Å². The fraction of sp³-hybridized carbons (Fsp3) is 0.100. The Labute approximate surface area is 100 Å². The van der Waals surface area contributed by atoms with Gasteiger partial charge in [0.2, 0.25) is 0 Å². The van der Waals surface area contributed by atoms with Crippen LogP contribution >= 0.6 is 22.6 Å². The van der Waals surface area contributed by atoms with E-state index >= 15 is 0 Å². The van der Waals surface area contributed by atoms with Gasteiger partial charge in [-0.05, 0) is 40.8 Å². The van der Waals surface area contributed by atoms with Crippen LogP contribution in [0.2, 0.25) is 0 Å². The highest BCUT2D eigenvalue weighted by molar-refractivity contribution is 14.1. The van der Waals surface area contributed by atoms with Gasteiger partial charge in [-0.15, -0.1) is 0 Å². The average molecular weight is 317 g/mol. The normalized spacial score (nSPS) is 10.3. The molecule has 0 saturated heterocycles. The second-order valence-corrected chi connectivity index (χ2v) is 4.18. The maximum absolute atomic E-state index is 13.2. The molecule has 0 amide bonds. The number of rotatable bonds is 3. The summed E-state index contributed by atoms with van der Waals surface area (Å²) in [5, 5.41) is 3.08. The second-order valence-electron chi connectivity index (χ2n) is 3.02. The number of aromatic amines is 1. The summed E-state index contributed by atoms with van der Waals surface area (Å²) in [7, 11) is 0. The van der Waals surface area contributed by atoms with E-state index in [9.17, 15) is 4.39 Å². The lowest BCUT2D eigenvalue weighted by molar-refractivity contribution is 0.620. The highest BCUT2D eigenvalue weighted by Crippen LogP contribution is 2.16. The molecule has 2 rings (SSSR count). The molecule has 0 spiro atoms. The van der Waals surface area contributed by atoms with E-state index in [4.69, 9.17) is 0 Å². The van der Waals surface area contributed by atoms with E-state index in [0.29, 0.717) is 10.1 Å². The van der Waals surface area contributed by atoms with E-state index in [1.807, 2.05) is 28.7 Å². The van der Waals surface area contributed by atoms with Gasteiger partial charge in [-0.2, -0.15) is 0 Å². The first-order chi connectivity index (χ1) is 7.25. The van der Waals surface area contributed by atoms with E-state index in [1.54, 1.807) is 18.5 Å². The van der Waals surface area contributed by atoms with Crippen LogP contribution in [-0.4, -0.2) is 9.97 Å². The summed E-state index contributed by atoms with van der Waals surface area (Å²) >= 11 is 1.96. The average Bonchev–Trinajstić information content (AvgIpc) is 2.73. The van der Waals surface area contributed by atoms with Crippen LogP contribution in [0.1, 0.15) is 5.82 Å². The predicted octanol–water partition coefficient (Wildman–Crippen LogP) is 2.77. The van der Waals surface area contributed by atoms with E-state index in [1.165, 1.54) is 6.07 Å². The molecule has 5 heteroatoms. The summed E-state index contributed by atoms with van der Waals surface area (Å²) in [5.41, 5.74) is 0.754. The fourth-order valence-corrected chi connectivity index (χ4v) is 1.52. The molecule has 3 nitrogen and oxygen atoms in total. The Morgan fingerprint density at radius 1 is 1.47 bits per heavy atom. The third-order valence-electron chi connectivity index (χ3n) is 1.93. The number of nitrogens with one attached hydrogen (secondary N) is 2. The molecule has 0 radical (unpaired) electrons. The van der Waals surface area contributed by atoms with Crippen LogP contribution in [-0.2, 0) is 6.54 Å². The zero-order chi connectivity index (χ0) is 10.7. The van der Waals surface area contributed by atoms with Gasteiger partial charge in [0, 0.05) is 21.7 Å². The number of hydrogen-bond acceptors (Lipinski definition) is 2. The Balaban J connectivity index is 2.02. The number of hydrogen-bond donors (Lipinski definition) is 2. The van der Waals surface area contributed by atoms with E-state index < -0.39 is 0 Å². The number of nitrogens with zero attached hydrogens (tertiary/aromatic N) is 1. The molecule has 0 unspecified atom stereocenters. The van der Waals surface area contributed by atoms with Gasteiger partial charge in [0.15, 0.2) is 0 Å². The first-order valence-electron chi connectivity index (χ1n) is 4.43. The molecule has 2 aromatic rings. The lowest BCUT2D eigenvalue weighted by Crippen LogP contribution is -2.01. The molecule has 0 aliphatic heterocycles. The van der Waals surface area contributed by atoms with Crippen LogP contribution in [0.4, 0.5) is 10.1 Å². The van der Waals surface area contributed by atoms with Crippen molar-refractivity contribution in [2.75, 3.05) is 5.32 Å². The Hall–Kier alpha value is -1.11. The van der Waals surface area contributed by atoms with Crippen molar-refractivity contribution in [2.24, 2.45) is 0 Å². The second kappa shape index (κ2) is 4.61. The van der Waals surface area contributed by atoms with Crippen molar-refractivity contribution < 1.29 is 4.39 Å². The van der Waals surface area contributed by atoms with Crippen molar-refractivity contribution >= 4 is 28.3 Å². The third kappa shape index (κ3) is 2.68. The van der Waals surface area contributed by atoms with Gasteiger partial charge in [0.25, 0.3) is 0 Å². The quantitative estimate of drug-likeness (QED) is 0.855. The smallest absolute Gasteiger partial charge is 0.138 e. The van der Waals surface area contributed by atoms with Crippen molar-refractivity contribution in [1.82, 2.24) is 9.97 Å². The SMILES string of the molecule is Fc1cc(NCc2ncc[nH]2)ccc1I. The summed E-state index contributed by atoms with van der Waals surface area (Å²) in [4.78, 5) is 7.02. The minimum Gasteiger partial charge on any atom is -0.378 e. The molecule has 1 aromatic carbocycles. The van der Waals surface area contributed by atoms with Gasteiger partial charge in [-0.1, -0.05) is 0 Å². The van der Waals surface area contributed by atoms with Crippen LogP contribution in [0.5, 0.6) is 0 Å². The zero-order valence-corrected chi connectivity index (χ0v) is 9.95. The predicted molar refractivity (Wildman–Crippen MR) is 65.0 cm³/mol. The minimum absolute atomic E-state index is 0.208. The number of benzene rings is 1. The molecule has 0 atom stereocenters. The van der Waals surface area contributed by atoms with Gasteiger partial charge >= 0.3 is 0 Å². The number of H-pyrrole nitrogens is 1. The molecule has 0 aliphatic rings. The van der Waals surface area contributed by atoms with Crippen molar-refractivity contribution in [3.05, 3.63) is 45.8 Å². The largest absolute Gasteiger partial charge is 0.378 e. The molecule has 1 heterocycles. The standard InChI is InChI=1S/C10H9FIN3/c11-8-5-7(1-2-9(8)12)15-6-10-13-3-4-14-10/h1-5,15H,6H2,(H,13,14). The van der Waals surface area contributed by atoms with Crippen LogP contribution < -0.4 is 5.32 Å². The highest BCUT2D eigenvalue weighted by atomic mass is 127. The van der Waals surface area contributed by atoms with Crippen LogP contribution in [0, 0.1) is 9.39 Å². The van der Waals surface area contributed by atoms with Gasteiger partial charge in [0.05, 0.1) is 6.54 Å². The van der Waals surface area contributed by atoms with Crippen molar-refractivity contribution in [2.45, 2.75) is 6.54 Å².